The predicted molar refractivity (Wildman–Crippen MR) is 59.7 cm³/mol. The number of hydrogen-bond acceptors (Lipinski definition) is 3. The van der Waals surface area contributed by atoms with Crippen LogP contribution in [0.1, 0.15) is 32.6 Å². The first kappa shape index (κ1) is 11.4. The highest BCUT2D eigenvalue weighted by molar-refractivity contribution is 4.88. The van der Waals surface area contributed by atoms with Crippen LogP contribution in [0.15, 0.2) is 0 Å². The number of piperidine rings is 1. The maximum Gasteiger partial charge on any atom is 0.0744 e. The normalized spacial score (nSPS) is 39.2. The fraction of sp³-hybridized carbons (Fsp3) is 1.00. The van der Waals surface area contributed by atoms with Gasteiger partial charge in [-0.1, -0.05) is 13.3 Å². The van der Waals surface area contributed by atoms with E-state index in [2.05, 4.69) is 12.2 Å². The summed E-state index contributed by atoms with van der Waals surface area (Å²) < 4.78 is 5.33. The van der Waals surface area contributed by atoms with Gasteiger partial charge in [0.05, 0.1) is 12.7 Å². The summed E-state index contributed by atoms with van der Waals surface area (Å²) in [5.41, 5.74) is 0. The minimum atomic E-state index is -0.207. The van der Waals surface area contributed by atoms with Crippen LogP contribution >= 0.6 is 0 Å². The molecular formula is C12H23NO2. The van der Waals surface area contributed by atoms with Gasteiger partial charge in [-0.2, -0.15) is 0 Å². The highest BCUT2D eigenvalue weighted by atomic mass is 16.5. The summed E-state index contributed by atoms with van der Waals surface area (Å²) in [5.74, 6) is 1.16. The molecule has 0 aromatic carbocycles. The average molecular weight is 213 g/mol. The fourth-order valence-corrected chi connectivity index (χ4v) is 2.81. The number of aliphatic hydroxyl groups is 1. The molecular weight excluding hydrogens is 190 g/mol. The highest BCUT2D eigenvalue weighted by Gasteiger charge is 2.33. The van der Waals surface area contributed by atoms with Crippen LogP contribution in [0.5, 0.6) is 0 Å². The monoisotopic (exact) mass is 213 g/mol. The lowest BCUT2D eigenvalue weighted by Crippen LogP contribution is -2.48. The van der Waals surface area contributed by atoms with E-state index < -0.39 is 0 Å². The Balaban J connectivity index is 1.85. The second-order valence-corrected chi connectivity index (χ2v) is 4.97. The topological polar surface area (TPSA) is 41.5 Å². The van der Waals surface area contributed by atoms with Crippen LogP contribution in [-0.2, 0) is 4.74 Å². The van der Waals surface area contributed by atoms with Gasteiger partial charge in [-0.15, -0.1) is 0 Å². The van der Waals surface area contributed by atoms with Crippen LogP contribution in [0.4, 0.5) is 0 Å². The molecule has 0 aromatic rings. The van der Waals surface area contributed by atoms with Gasteiger partial charge in [0.1, 0.15) is 0 Å². The lowest BCUT2D eigenvalue weighted by Gasteiger charge is -2.34. The van der Waals surface area contributed by atoms with E-state index in [4.69, 9.17) is 4.74 Å². The van der Waals surface area contributed by atoms with E-state index in [9.17, 15) is 5.11 Å². The van der Waals surface area contributed by atoms with Crippen LogP contribution in [0.2, 0.25) is 0 Å². The van der Waals surface area contributed by atoms with E-state index in [1.165, 1.54) is 12.8 Å². The van der Waals surface area contributed by atoms with Gasteiger partial charge in [-0.05, 0) is 31.7 Å². The highest BCUT2D eigenvalue weighted by Crippen LogP contribution is 2.26. The molecule has 0 spiro atoms. The third kappa shape index (κ3) is 2.71. The largest absolute Gasteiger partial charge is 0.391 e. The van der Waals surface area contributed by atoms with E-state index >= 15 is 0 Å². The van der Waals surface area contributed by atoms with E-state index in [-0.39, 0.29) is 6.10 Å². The average Bonchev–Trinajstić information content (AvgIpc) is 2.81. The van der Waals surface area contributed by atoms with Gasteiger partial charge < -0.3 is 15.2 Å². The second-order valence-electron chi connectivity index (χ2n) is 4.97. The fourth-order valence-electron chi connectivity index (χ4n) is 2.81. The van der Waals surface area contributed by atoms with Gasteiger partial charge in [-0.3, -0.25) is 0 Å². The van der Waals surface area contributed by atoms with Crippen molar-refractivity contribution in [2.24, 2.45) is 11.8 Å². The Morgan fingerprint density at radius 2 is 2.33 bits per heavy atom. The van der Waals surface area contributed by atoms with Crippen LogP contribution in [0, 0.1) is 11.8 Å². The van der Waals surface area contributed by atoms with Crippen molar-refractivity contribution >= 4 is 0 Å². The first-order valence-electron chi connectivity index (χ1n) is 6.30. The van der Waals surface area contributed by atoms with Crippen molar-refractivity contribution < 1.29 is 9.84 Å². The molecule has 4 atom stereocenters. The molecule has 2 fully saturated rings. The van der Waals surface area contributed by atoms with Crippen LogP contribution in [0.25, 0.3) is 0 Å². The molecule has 0 saturated carbocycles. The molecule has 0 amide bonds. The number of hydrogen-bond donors (Lipinski definition) is 2. The molecule has 2 heterocycles. The molecule has 3 nitrogen and oxygen atoms in total. The molecule has 2 rings (SSSR count). The standard InChI is InChI=1S/C12H23NO2/c1-2-9-3-5-13-11(7-9)12(14)10-4-6-15-8-10/h9-14H,2-8H2,1H3. The zero-order chi connectivity index (χ0) is 10.7. The Kier molecular flexibility index (Phi) is 4.00. The van der Waals surface area contributed by atoms with Crippen molar-refractivity contribution in [1.29, 1.82) is 0 Å². The third-order valence-electron chi connectivity index (χ3n) is 3.98. The third-order valence-corrected chi connectivity index (χ3v) is 3.98. The minimum absolute atomic E-state index is 0.207. The smallest absolute Gasteiger partial charge is 0.0744 e. The molecule has 2 aliphatic heterocycles. The molecule has 0 aliphatic carbocycles. The van der Waals surface area contributed by atoms with Gasteiger partial charge >= 0.3 is 0 Å². The maximum atomic E-state index is 10.2. The quantitative estimate of drug-likeness (QED) is 0.739. The first-order chi connectivity index (χ1) is 7.31. The summed E-state index contributed by atoms with van der Waals surface area (Å²) >= 11 is 0. The summed E-state index contributed by atoms with van der Waals surface area (Å²) in [6.07, 6.45) is 4.46. The molecule has 15 heavy (non-hydrogen) atoms. The van der Waals surface area contributed by atoms with Crippen molar-refractivity contribution in [3.63, 3.8) is 0 Å². The Labute approximate surface area is 92.2 Å². The number of nitrogens with one attached hydrogen (secondary N) is 1. The molecule has 88 valence electrons. The second kappa shape index (κ2) is 5.28. The van der Waals surface area contributed by atoms with Crippen LogP contribution in [-0.4, -0.2) is 37.0 Å². The number of aliphatic hydroxyl groups excluding tert-OH is 1. The van der Waals surface area contributed by atoms with Crippen molar-refractivity contribution in [2.75, 3.05) is 19.8 Å². The Bertz CT molecular complexity index is 192. The Hall–Kier alpha value is -0.120. The lowest BCUT2D eigenvalue weighted by atomic mass is 9.84. The minimum Gasteiger partial charge on any atom is -0.391 e. The van der Waals surface area contributed by atoms with E-state index in [0.29, 0.717) is 12.0 Å². The Morgan fingerprint density at radius 3 is 3.00 bits per heavy atom. The molecule has 4 unspecified atom stereocenters. The Morgan fingerprint density at radius 1 is 1.47 bits per heavy atom. The van der Waals surface area contributed by atoms with Gasteiger partial charge in [0.25, 0.3) is 0 Å². The van der Waals surface area contributed by atoms with Gasteiger partial charge in [-0.25, -0.2) is 0 Å². The van der Waals surface area contributed by atoms with Crippen molar-refractivity contribution in [1.82, 2.24) is 5.32 Å². The van der Waals surface area contributed by atoms with Gasteiger partial charge in [0.2, 0.25) is 0 Å². The zero-order valence-corrected chi connectivity index (χ0v) is 9.61. The zero-order valence-electron chi connectivity index (χ0n) is 9.61. The molecule has 0 bridgehead atoms. The van der Waals surface area contributed by atoms with E-state index in [1.54, 1.807) is 0 Å². The van der Waals surface area contributed by atoms with Crippen molar-refractivity contribution in [3.8, 4) is 0 Å². The van der Waals surface area contributed by atoms with Crippen molar-refractivity contribution in [2.45, 2.75) is 44.8 Å². The van der Waals surface area contributed by atoms with E-state index in [0.717, 1.165) is 38.5 Å². The molecule has 3 heteroatoms. The molecule has 2 N–H and O–H groups in total. The predicted octanol–water partition coefficient (Wildman–Crippen LogP) is 1.16. The summed E-state index contributed by atoms with van der Waals surface area (Å²) in [5, 5.41) is 13.7. The van der Waals surface area contributed by atoms with Gasteiger partial charge in [0, 0.05) is 18.6 Å². The van der Waals surface area contributed by atoms with E-state index in [1.807, 2.05) is 0 Å². The molecule has 2 aliphatic rings. The maximum absolute atomic E-state index is 10.2. The lowest BCUT2D eigenvalue weighted by molar-refractivity contribution is 0.0415. The molecule has 0 radical (unpaired) electrons. The number of rotatable bonds is 3. The molecule has 0 aromatic heterocycles. The van der Waals surface area contributed by atoms with Crippen LogP contribution in [0.3, 0.4) is 0 Å². The van der Waals surface area contributed by atoms with Gasteiger partial charge in [0.15, 0.2) is 0 Å². The molecule has 2 saturated heterocycles. The summed E-state index contributed by atoms with van der Waals surface area (Å²) in [7, 11) is 0. The SMILES string of the molecule is CCC1CCNC(C(O)C2CCOC2)C1. The summed E-state index contributed by atoms with van der Waals surface area (Å²) in [6, 6.07) is 0.301. The van der Waals surface area contributed by atoms with Crippen molar-refractivity contribution in [3.05, 3.63) is 0 Å². The first-order valence-corrected chi connectivity index (χ1v) is 6.30. The number of ether oxygens (including phenoxy) is 1. The summed E-state index contributed by atoms with van der Waals surface area (Å²) in [6.45, 7) is 4.88. The van der Waals surface area contributed by atoms with Crippen LogP contribution < -0.4 is 5.32 Å². The summed E-state index contributed by atoms with van der Waals surface area (Å²) in [4.78, 5) is 0.